The summed E-state index contributed by atoms with van der Waals surface area (Å²) in [6, 6.07) is 1.60. The first kappa shape index (κ1) is 9.73. The fourth-order valence-electron chi connectivity index (χ4n) is 1.22. The maximum Gasteiger partial charge on any atom is 0.255 e. The second-order valence-corrected chi connectivity index (χ2v) is 4.31. The number of aliphatic hydroxyl groups is 1. The van der Waals surface area contributed by atoms with Gasteiger partial charge < -0.3 is 14.8 Å². The van der Waals surface area contributed by atoms with Crippen LogP contribution in [0.5, 0.6) is 0 Å². The van der Waals surface area contributed by atoms with E-state index in [0.29, 0.717) is 10.2 Å². The van der Waals surface area contributed by atoms with Gasteiger partial charge in [-0.05, 0) is 28.8 Å². The average molecular weight is 260 g/mol. The standard InChI is InChI=1S/C9H10BrNO3/c10-7-3-6(4-14-7)8(13)11-9(5-12)1-2-9/h3-4,12H,1-2,5H2,(H,11,13). The Morgan fingerprint density at radius 3 is 2.86 bits per heavy atom. The third kappa shape index (κ3) is 1.83. The van der Waals surface area contributed by atoms with Crippen LogP contribution >= 0.6 is 15.9 Å². The largest absolute Gasteiger partial charge is 0.457 e. The summed E-state index contributed by atoms with van der Waals surface area (Å²) in [5, 5.41) is 11.8. The van der Waals surface area contributed by atoms with Gasteiger partial charge in [-0.2, -0.15) is 0 Å². The molecule has 1 aliphatic rings. The predicted octanol–water partition coefficient (Wildman–Crippen LogP) is 1.30. The van der Waals surface area contributed by atoms with Crippen LogP contribution in [-0.2, 0) is 0 Å². The zero-order chi connectivity index (χ0) is 10.2. The second kappa shape index (κ2) is 3.40. The summed E-state index contributed by atoms with van der Waals surface area (Å²) in [6.45, 7) is -0.00222. The Balaban J connectivity index is 2.03. The average Bonchev–Trinajstić information content (AvgIpc) is 2.80. The molecular formula is C9H10BrNO3. The van der Waals surface area contributed by atoms with E-state index < -0.39 is 0 Å². The molecule has 0 atom stereocenters. The monoisotopic (exact) mass is 259 g/mol. The van der Waals surface area contributed by atoms with Gasteiger partial charge in [0.2, 0.25) is 0 Å². The number of nitrogens with one attached hydrogen (secondary N) is 1. The summed E-state index contributed by atoms with van der Waals surface area (Å²) in [4.78, 5) is 11.6. The van der Waals surface area contributed by atoms with Crippen LogP contribution in [0.4, 0.5) is 0 Å². The van der Waals surface area contributed by atoms with Crippen LogP contribution in [-0.4, -0.2) is 23.2 Å². The molecule has 2 N–H and O–H groups in total. The number of aliphatic hydroxyl groups excluding tert-OH is 1. The van der Waals surface area contributed by atoms with Crippen LogP contribution in [0.3, 0.4) is 0 Å². The van der Waals surface area contributed by atoms with Crippen molar-refractivity contribution in [2.45, 2.75) is 18.4 Å². The first-order chi connectivity index (χ1) is 6.65. The highest BCUT2D eigenvalue weighted by Gasteiger charge is 2.43. The number of rotatable bonds is 3. The molecule has 14 heavy (non-hydrogen) atoms. The van der Waals surface area contributed by atoms with Crippen molar-refractivity contribution in [3.05, 3.63) is 22.6 Å². The molecule has 0 radical (unpaired) electrons. The first-order valence-corrected chi connectivity index (χ1v) is 5.12. The van der Waals surface area contributed by atoms with Crippen LogP contribution in [0.2, 0.25) is 0 Å². The van der Waals surface area contributed by atoms with E-state index in [2.05, 4.69) is 21.2 Å². The van der Waals surface area contributed by atoms with E-state index in [1.807, 2.05) is 0 Å². The Hall–Kier alpha value is -0.810. The second-order valence-electron chi connectivity index (χ2n) is 3.53. The third-order valence-corrected chi connectivity index (χ3v) is 2.78. The topological polar surface area (TPSA) is 62.5 Å². The molecule has 0 spiro atoms. The molecule has 0 saturated heterocycles. The van der Waals surface area contributed by atoms with E-state index in [4.69, 9.17) is 9.52 Å². The number of amides is 1. The van der Waals surface area contributed by atoms with E-state index in [0.717, 1.165) is 12.8 Å². The van der Waals surface area contributed by atoms with Crippen molar-refractivity contribution < 1.29 is 14.3 Å². The van der Waals surface area contributed by atoms with Crippen molar-refractivity contribution in [3.63, 3.8) is 0 Å². The molecule has 76 valence electrons. The van der Waals surface area contributed by atoms with Crippen molar-refractivity contribution in [1.82, 2.24) is 5.32 Å². The lowest BCUT2D eigenvalue weighted by atomic mass is 10.2. The van der Waals surface area contributed by atoms with Gasteiger partial charge in [-0.3, -0.25) is 4.79 Å². The molecule has 1 saturated carbocycles. The molecule has 1 amide bonds. The van der Waals surface area contributed by atoms with Gasteiger partial charge in [0.1, 0.15) is 6.26 Å². The maximum absolute atomic E-state index is 11.6. The van der Waals surface area contributed by atoms with Gasteiger partial charge in [0.15, 0.2) is 4.67 Å². The number of halogens is 1. The van der Waals surface area contributed by atoms with Gasteiger partial charge in [0, 0.05) is 6.07 Å². The molecule has 0 aromatic carbocycles. The number of furan rings is 1. The van der Waals surface area contributed by atoms with E-state index in [-0.39, 0.29) is 18.1 Å². The Morgan fingerprint density at radius 1 is 1.71 bits per heavy atom. The lowest BCUT2D eigenvalue weighted by Crippen LogP contribution is -2.39. The predicted molar refractivity (Wildman–Crippen MR) is 52.9 cm³/mol. The summed E-state index contributed by atoms with van der Waals surface area (Å²) in [5.74, 6) is -0.203. The summed E-state index contributed by atoms with van der Waals surface area (Å²) in [5.41, 5.74) is 0.0949. The number of hydrogen-bond donors (Lipinski definition) is 2. The lowest BCUT2D eigenvalue weighted by Gasteiger charge is -2.12. The SMILES string of the molecule is O=C(NC1(CO)CC1)c1coc(Br)c1. The van der Waals surface area contributed by atoms with Crippen LogP contribution in [0, 0.1) is 0 Å². The smallest absolute Gasteiger partial charge is 0.255 e. The molecule has 1 aromatic rings. The molecule has 2 rings (SSSR count). The Labute approximate surface area is 89.4 Å². The highest BCUT2D eigenvalue weighted by molar-refractivity contribution is 9.10. The van der Waals surface area contributed by atoms with Crippen LogP contribution in [0.25, 0.3) is 0 Å². The van der Waals surface area contributed by atoms with Gasteiger partial charge in [-0.1, -0.05) is 0 Å². The lowest BCUT2D eigenvalue weighted by molar-refractivity contribution is 0.0906. The Bertz CT molecular complexity index is 357. The first-order valence-electron chi connectivity index (χ1n) is 4.33. The summed E-state index contributed by atoms with van der Waals surface area (Å²) >= 11 is 3.12. The molecular weight excluding hydrogens is 250 g/mol. The van der Waals surface area contributed by atoms with E-state index >= 15 is 0 Å². The van der Waals surface area contributed by atoms with Gasteiger partial charge in [-0.25, -0.2) is 0 Å². The zero-order valence-corrected chi connectivity index (χ0v) is 9.00. The van der Waals surface area contributed by atoms with E-state index in [9.17, 15) is 4.79 Å². The summed E-state index contributed by atoms with van der Waals surface area (Å²) in [7, 11) is 0. The van der Waals surface area contributed by atoms with Crippen LogP contribution < -0.4 is 5.32 Å². The zero-order valence-electron chi connectivity index (χ0n) is 7.42. The van der Waals surface area contributed by atoms with Crippen molar-refractivity contribution in [1.29, 1.82) is 0 Å². The minimum atomic E-state index is -0.374. The highest BCUT2D eigenvalue weighted by atomic mass is 79.9. The van der Waals surface area contributed by atoms with Gasteiger partial charge in [0.05, 0.1) is 17.7 Å². The Kier molecular flexibility index (Phi) is 2.36. The van der Waals surface area contributed by atoms with Crippen LogP contribution in [0.1, 0.15) is 23.2 Å². The normalized spacial score (nSPS) is 17.9. The van der Waals surface area contributed by atoms with Gasteiger partial charge >= 0.3 is 0 Å². The quantitative estimate of drug-likeness (QED) is 0.860. The summed E-state index contributed by atoms with van der Waals surface area (Å²) < 4.78 is 5.47. The minimum absolute atomic E-state index is 0.00222. The number of carbonyl (C=O) groups is 1. The number of hydrogen-bond acceptors (Lipinski definition) is 3. The van der Waals surface area contributed by atoms with Gasteiger partial charge in [0.25, 0.3) is 5.91 Å². The molecule has 0 unspecified atom stereocenters. The molecule has 1 fully saturated rings. The fourth-order valence-corrected chi connectivity index (χ4v) is 1.56. The molecule has 4 nitrogen and oxygen atoms in total. The van der Waals surface area contributed by atoms with Crippen molar-refractivity contribution in [3.8, 4) is 0 Å². The van der Waals surface area contributed by atoms with E-state index in [1.165, 1.54) is 6.26 Å². The van der Waals surface area contributed by atoms with E-state index in [1.54, 1.807) is 6.07 Å². The maximum atomic E-state index is 11.6. The highest BCUT2D eigenvalue weighted by Crippen LogP contribution is 2.34. The Morgan fingerprint density at radius 2 is 2.43 bits per heavy atom. The number of carbonyl (C=O) groups excluding carboxylic acids is 1. The molecule has 0 bridgehead atoms. The molecule has 1 aromatic heterocycles. The fraction of sp³-hybridized carbons (Fsp3) is 0.444. The molecule has 1 aliphatic carbocycles. The third-order valence-electron chi connectivity index (χ3n) is 2.36. The summed E-state index contributed by atoms with van der Waals surface area (Å²) in [6.07, 6.45) is 3.06. The van der Waals surface area contributed by atoms with Crippen molar-refractivity contribution in [2.75, 3.05) is 6.61 Å². The molecule has 0 aliphatic heterocycles. The van der Waals surface area contributed by atoms with Gasteiger partial charge in [-0.15, -0.1) is 0 Å². The minimum Gasteiger partial charge on any atom is -0.457 e. The van der Waals surface area contributed by atoms with Crippen molar-refractivity contribution in [2.24, 2.45) is 0 Å². The molecule has 1 heterocycles. The van der Waals surface area contributed by atoms with Crippen molar-refractivity contribution >= 4 is 21.8 Å². The molecule has 5 heteroatoms. The van der Waals surface area contributed by atoms with Crippen LogP contribution in [0.15, 0.2) is 21.4 Å².